The Hall–Kier alpha value is -3.99. The number of H-pyrrole nitrogens is 1. The molecule has 1 atom stereocenters. The number of carbonyl (C=O) groups excluding carboxylic acids is 1. The number of phenols is 1. The third-order valence-electron chi connectivity index (χ3n) is 12.7. The molecule has 4 fully saturated rings. The molecule has 10 heteroatoms. The Kier molecular flexibility index (Phi) is 8.28. The lowest BCUT2D eigenvalue weighted by Crippen LogP contribution is -2.69. The minimum Gasteiger partial charge on any atom is -0.507 e. The van der Waals surface area contributed by atoms with Crippen LogP contribution in [0.5, 0.6) is 5.75 Å². The highest BCUT2D eigenvalue weighted by molar-refractivity contribution is 5.86. The van der Waals surface area contributed by atoms with Crippen LogP contribution in [0.2, 0.25) is 0 Å². The number of aromatic hydroxyl groups is 1. The van der Waals surface area contributed by atoms with Gasteiger partial charge in [-0.25, -0.2) is 4.79 Å². The Morgan fingerprint density at radius 3 is 2.34 bits per heavy atom. The van der Waals surface area contributed by atoms with Gasteiger partial charge in [0.05, 0.1) is 5.69 Å². The Morgan fingerprint density at radius 1 is 0.880 bits per heavy atom. The number of fused-ring (bicyclic) bond motifs is 3. The molecule has 3 saturated heterocycles. The van der Waals surface area contributed by atoms with Gasteiger partial charge in [0.15, 0.2) is 5.65 Å². The number of piperidine rings is 2. The fraction of sp³-hybridized carbons (Fsp3) is 0.525. The van der Waals surface area contributed by atoms with Crippen molar-refractivity contribution in [3.63, 3.8) is 0 Å². The molecule has 10 nitrogen and oxygen atoms in total. The van der Waals surface area contributed by atoms with E-state index in [0.29, 0.717) is 41.9 Å². The number of aromatic amines is 1. The Bertz CT molecular complexity index is 1830. The summed E-state index contributed by atoms with van der Waals surface area (Å²) in [5.41, 5.74) is 6.46. The zero-order chi connectivity index (χ0) is 33.8. The summed E-state index contributed by atoms with van der Waals surface area (Å²) in [6, 6.07) is 21.7. The number of rotatable bonds is 6. The number of likely N-dealkylation sites (tertiary alicyclic amines) is 3. The van der Waals surface area contributed by atoms with E-state index in [2.05, 4.69) is 42.9 Å². The lowest BCUT2D eigenvalue weighted by molar-refractivity contribution is -0.138. The van der Waals surface area contributed by atoms with Crippen molar-refractivity contribution in [2.24, 2.45) is 5.41 Å². The highest BCUT2D eigenvalue weighted by Crippen LogP contribution is 2.53. The SMILES string of the molecule is C[C@@H]1c2c([nH]c3nnc(-c4ccccc4O)cc23)CCN1C1CC2(C1)CN(C1CCN(C3CCN(C(=O)OCc4ccccc4)CC3)CC1)C2. The molecule has 262 valence electrons. The second kappa shape index (κ2) is 13.0. The summed E-state index contributed by atoms with van der Waals surface area (Å²) in [5.74, 6) is 0.233. The maximum atomic E-state index is 12.6. The van der Waals surface area contributed by atoms with E-state index < -0.39 is 0 Å². The number of hydrogen-bond acceptors (Lipinski definition) is 8. The zero-order valence-electron chi connectivity index (χ0n) is 29.1. The van der Waals surface area contributed by atoms with Crippen LogP contribution in [-0.2, 0) is 17.8 Å². The van der Waals surface area contributed by atoms with Crippen molar-refractivity contribution in [1.29, 1.82) is 0 Å². The van der Waals surface area contributed by atoms with E-state index in [-0.39, 0.29) is 11.8 Å². The van der Waals surface area contributed by atoms with Crippen molar-refractivity contribution >= 4 is 17.1 Å². The number of aromatic nitrogens is 3. The third kappa shape index (κ3) is 5.85. The third-order valence-corrected chi connectivity index (χ3v) is 12.7. The average Bonchev–Trinajstić information content (AvgIpc) is 3.50. The van der Waals surface area contributed by atoms with Crippen LogP contribution >= 0.6 is 0 Å². The smallest absolute Gasteiger partial charge is 0.410 e. The Morgan fingerprint density at radius 2 is 1.58 bits per heavy atom. The van der Waals surface area contributed by atoms with Crippen LogP contribution < -0.4 is 0 Å². The van der Waals surface area contributed by atoms with Gasteiger partial charge < -0.3 is 24.6 Å². The van der Waals surface area contributed by atoms with Gasteiger partial charge in [-0.1, -0.05) is 42.5 Å². The lowest BCUT2D eigenvalue weighted by atomic mass is 9.59. The second-order valence-corrected chi connectivity index (χ2v) is 15.7. The summed E-state index contributed by atoms with van der Waals surface area (Å²) in [6.45, 7) is 10.2. The predicted octanol–water partition coefficient (Wildman–Crippen LogP) is 5.98. The van der Waals surface area contributed by atoms with Gasteiger partial charge in [-0.05, 0) is 93.3 Å². The van der Waals surface area contributed by atoms with Crippen molar-refractivity contribution in [3.8, 4) is 17.0 Å². The first-order valence-corrected chi connectivity index (χ1v) is 18.8. The molecule has 1 saturated carbocycles. The standard InChI is InChI=1S/C40H49N7O3/c1-27-37-33-21-35(32-9-5-6-10-36(32)48)42-43-38(33)41-34(37)15-20-47(27)31-22-40(23-31)25-46(26-40)30-11-16-44(17-12-30)29-13-18-45(19-14-29)39(49)50-24-28-7-3-2-4-8-28/h2-10,21,27,29-31,48H,11-20,22-26H2,1H3,(H,41,43)/t27-/m1/s1. The van der Waals surface area contributed by atoms with Crippen LogP contribution in [0.25, 0.3) is 22.3 Å². The van der Waals surface area contributed by atoms with E-state index in [9.17, 15) is 9.90 Å². The monoisotopic (exact) mass is 675 g/mol. The quantitative estimate of drug-likeness (QED) is 0.258. The largest absolute Gasteiger partial charge is 0.507 e. The topological polar surface area (TPSA) is 101 Å². The first-order valence-electron chi connectivity index (χ1n) is 18.8. The molecule has 1 aliphatic carbocycles. The fourth-order valence-electron chi connectivity index (χ4n) is 10.0. The van der Waals surface area contributed by atoms with Crippen molar-refractivity contribution in [2.45, 2.75) is 82.6 Å². The van der Waals surface area contributed by atoms with Crippen molar-refractivity contribution in [1.82, 2.24) is 34.8 Å². The molecule has 1 spiro atoms. The first-order chi connectivity index (χ1) is 24.4. The van der Waals surface area contributed by atoms with Crippen LogP contribution in [0.3, 0.4) is 0 Å². The minimum atomic E-state index is -0.178. The highest BCUT2D eigenvalue weighted by atomic mass is 16.6. The molecule has 2 N–H and O–H groups in total. The number of amides is 1. The molecule has 6 heterocycles. The number of nitrogens with zero attached hydrogens (tertiary/aromatic N) is 6. The number of nitrogens with one attached hydrogen (secondary N) is 1. The van der Waals surface area contributed by atoms with Gasteiger partial charge in [0.25, 0.3) is 0 Å². The molecule has 4 aromatic rings. The number of ether oxygens (including phenoxy) is 1. The molecule has 5 aliphatic rings. The van der Waals surface area contributed by atoms with E-state index in [0.717, 1.165) is 61.1 Å². The van der Waals surface area contributed by atoms with Gasteiger partial charge in [-0.15, -0.1) is 10.2 Å². The van der Waals surface area contributed by atoms with Crippen LogP contribution in [0.1, 0.15) is 68.3 Å². The Balaban J connectivity index is 0.738. The molecular weight excluding hydrogens is 626 g/mol. The van der Waals surface area contributed by atoms with Crippen LogP contribution in [0, 0.1) is 5.41 Å². The zero-order valence-corrected chi connectivity index (χ0v) is 29.1. The minimum absolute atomic E-state index is 0.178. The summed E-state index contributed by atoms with van der Waals surface area (Å²) < 4.78 is 5.58. The van der Waals surface area contributed by atoms with E-state index in [1.807, 2.05) is 53.4 Å². The molecule has 0 unspecified atom stereocenters. The van der Waals surface area contributed by atoms with Crippen molar-refractivity contribution in [3.05, 3.63) is 77.5 Å². The summed E-state index contributed by atoms with van der Waals surface area (Å²) in [4.78, 5) is 26.3. The Labute approximate surface area is 294 Å². The average molecular weight is 676 g/mol. The maximum Gasteiger partial charge on any atom is 0.410 e. The number of carbonyl (C=O) groups is 1. The van der Waals surface area contributed by atoms with Gasteiger partial charge in [0, 0.05) is 80.0 Å². The lowest BCUT2D eigenvalue weighted by Gasteiger charge is -2.64. The molecule has 50 heavy (non-hydrogen) atoms. The molecule has 2 aromatic carbocycles. The summed E-state index contributed by atoms with van der Waals surface area (Å²) in [5, 5.41) is 20.5. The van der Waals surface area contributed by atoms with E-state index in [1.54, 1.807) is 6.07 Å². The summed E-state index contributed by atoms with van der Waals surface area (Å²) in [6.07, 6.45) is 8.04. The van der Waals surface area contributed by atoms with Crippen LogP contribution in [-0.4, -0.2) is 110 Å². The molecule has 0 bridgehead atoms. The van der Waals surface area contributed by atoms with Gasteiger partial charge >= 0.3 is 6.09 Å². The number of para-hydroxylation sites is 1. The molecule has 9 rings (SSSR count). The maximum absolute atomic E-state index is 12.6. The first kappa shape index (κ1) is 32.0. The van der Waals surface area contributed by atoms with Gasteiger partial charge in [-0.3, -0.25) is 9.80 Å². The van der Waals surface area contributed by atoms with E-state index >= 15 is 0 Å². The number of benzene rings is 2. The van der Waals surface area contributed by atoms with Crippen molar-refractivity contribution in [2.75, 3.05) is 45.8 Å². The molecule has 2 aromatic heterocycles. The summed E-state index contributed by atoms with van der Waals surface area (Å²) >= 11 is 0. The normalized spacial score (nSPS) is 23.9. The van der Waals surface area contributed by atoms with Gasteiger partial charge in [0.2, 0.25) is 0 Å². The molecular formula is C40H49N7O3. The van der Waals surface area contributed by atoms with E-state index in [1.165, 1.54) is 63.1 Å². The number of phenolic OH excluding ortho intramolecular Hbond substituents is 1. The van der Waals surface area contributed by atoms with Crippen LogP contribution in [0.4, 0.5) is 4.79 Å². The van der Waals surface area contributed by atoms with Crippen LogP contribution in [0.15, 0.2) is 60.7 Å². The molecule has 1 amide bonds. The summed E-state index contributed by atoms with van der Waals surface area (Å²) in [7, 11) is 0. The predicted molar refractivity (Wildman–Crippen MR) is 193 cm³/mol. The highest BCUT2D eigenvalue weighted by Gasteiger charge is 2.56. The second-order valence-electron chi connectivity index (χ2n) is 15.7. The fourth-order valence-corrected chi connectivity index (χ4v) is 10.0. The number of hydrogen-bond donors (Lipinski definition) is 2. The van der Waals surface area contributed by atoms with Crippen molar-refractivity contribution < 1.29 is 14.6 Å². The van der Waals surface area contributed by atoms with Gasteiger partial charge in [0.1, 0.15) is 12.4 Å². The molecule has 4 aliphatic heterocycles. The molecule has 0 radical (unpaired) electrons. The van der Waals surface area contributed by atoms with E-state index in [4.69, 9.17) is 4.74 Å². The van der Waals surface area contributed by atoms with Gasteiger partial charge in [-0.2, -0.15) is 0 Å².